The van der Waals surface area contributed by atoms with Crippen molar-refractivity contribution in [1.29, 1.82) is 0 Å². The summed E-state index contributed by atoms with van der Waals surface area (Å²) in [5.74, 6) is 0.690. The summed E-state index contributed by atoms with van der Waals surface area (Å²) in [6.07, 6.45) is 0. The van der Waals surface area contributed by atoms with Gasteiger partial charge in [-0.25, -0.2) is 19.9 Å². The van der Waals surface area contributed by atoms with Crippen molar-refractivity contribution in [3.63, 3.8) is 0 Å². The fraction of sp³-hybridized carbons (Fsp3) is 0. The van der Waals surface area contributed by atoms with Crippen LogP contribution in [-0.2, 0) is 0 Å². The van der Waals surface area contributed by atoms with E-state index in [1.807, 2.05) is 60.7 Å². The average molecular weight is 613 g/mol. The predicted molar refractivity (Wildman–Crippen MR) is 197 cm³/mol. The van der Waals surface area contributed by atoms with Crippen LogP contribution in [0.3, 0.4) is 0 Å². The molecular weight excluding hydrogens is 585 g/mol. The molecule has 0 spiro atoms. The summed E-state index contributed by atoms with van der Waals surface area (Å²) >= 11 is 0. The van der Waals surface area contributed by atoms with Gasteiger partial charge in [-0.15, -0.1) is 0 Å². The van der Waals surface area contributed by atoms with Crippen LogP contribution in [0.4, 0.5) is 0 Å². The Bertz CT molecular complexity index is 2520. The first-order valence-electron chi connectivity index (χ1n) is 16.1. The van der Waals surface area contributed by atoms with Crippen molar-refractivity contribution in [2.24, 2.45) is 0 Å². The lowest BCUT2D eigenvalue weighted by molar-refractivity contribution is 1.18. The van der Waals surface area contributed by atoms with E-state index in [2.05, 4.69) is 109 Å². The maximum Gasteiger partial charge on any atom is 0.160 e. The summed E-state index contributed by atoms with van der Waals surface area (Å²) in [5, 5.41) is 3.24. The van der Waals surface area contributed by atoms with Crippen molar-refractivity contribution in [3.8, 4) is 56.3 Å². The van der Waals surface area contributed by atoms with Gasteiger partial charge in [-0.1, -0.05) is 152 Å². The Labute approximate surface area is 278 Å². The van der Waals surface area contributed by atoms with Crippen molar-refractivity contribution >= 4 is 32.7 Å². The number of pyridine rings is 2. The molecule has 4 heteroatoms. The first kappa shape index (κ1) is 27.8. The van der Waals surface area contributed by atoms with Gasteiger partial charge in [-0.2, -0.15) is 0 Å². The number of rotatable bonds is 5. The van der Waals surface area contributed by atoms with Crippen LogP contribution in [-0.4, -0.2) is 19.9 Å². The number of aromatic nitrogens is 4. The van der Waals surface area contributed by atoms with Gasteiger partial charge in [0.15, 0.2) is 5.82 Å². The largest absolute Gasteiger partial charge is 0.245 e. The summed E-state index contributed by atoms with van der Waals surface area (Å²) in [5.41, 5.74) is 11.8. The molecule has 0 N–H and O–H groups in total. The molecule has 224 valence electrons. The second-order valence-corrected chi connectivity index (χ2v) is 11.9. The third-order valence-electron chi connectivity index (χ3n) is 8.88. The first-order chi connectivity index (χ1) is 23.8. The number of para-hydroxylation sites is 1. The zero-order valence-electron chi connectivity index (χ0n) is 26.0. The van der Waals surface area contributed by atoms with Crippen LogP contribution in [0.1, 0.15) is 0 Å². The van der Waals surface area contributed by atoms with E-state index < -0.39 is 0 Å². The summed E-state index contributed by atoms with van der Waals surface area (Å²) in [7, 11) is 0. The third kappa shape index (κ3) is 4.97. The van der Waals surface area contributed by atoms with Gasteiger partial charge in [0.05, 0.1) is 33.6 Å². The highest BCUT2D eigenvalue weighted by atomic mass is 14.9. The molecule has 0 saturated heterocycles. The fourth-order valence-electron chi connectivity index (χ4n) is 6.49. The van der Waals surface area contributed by atoms with E-state index in [1.54, 1.807) is 0 Å². The quantitative estimate of drug-likeness (QED) is 0.143. The Hall–Kier alpha value is -6.52. The molecule has 9 rings (SSSR count). The number of fused-ring (bicyclic) bond motifs is 4. The van der Waals surface area contributed by atoms with Gasteiger partial charge >= 0.3 is 0 Å². The van der Waals surface area contributed by atoms with E-state index in [9.17, 15) is 0 Å². The Balaban J connectivity index is 1.21. The van der Waals surface area contributed by atoms with Gasteiger partial charge in [0.2, 0.25) is 0 Å². The topological polar surface area (TPSA) is 51.6 Å². The number of hydrogen-bond acceptors (Lipinski definition) is 4. The van der Waals surface area contributed by atoms with E-state index in [4.69, 9.17) is 19.9 Å². The molecule has 0 unspecified atom stereocenters. The summed E-state index contributed by atoms with van der Waals surface area (Å²) < 4.78 is 0. The summed E-state index contributed by atoms with van der Waals surface area (Å²) in [6, 6.07) is 58.5. The van der Waals surface area contributed by atoms with E-state index in [0.29, 0.717) is 5.82 Å². The van der Waals surface area contributed by atoms with Gasteiger partial charge < -0.3 is 0 Å². The number of hydrogen-bond donors (Lipinski definition) is 0. The molecule has 0 bridgehead atoms. The van der Waals surface area contributed by atoms with Gasteiger partial charge in [0.1, 0.15) is 0 Å². The zero-order valence-corrected chi connectivity index (χ0v) is 26.0. The normalized spacial score (nSPS) is 11.3. The fourth-order valence-corrected chi connectivity index (χ4v) is 6.49. The maximum atomic E-state index is 5.19. The highest BCUT2D eigenvalue weighted by Gasteiger charge is 2.16. The Morgan fingerprint density at radius 3 is 1.50 bits per heavy atom. The molecule has 0 amide bonds. The Morgan fingerprint density at radius 2 is 0.854 bits per heavy atom. The van der Waals surface area contributed by atoms with E-state index in [1.165, 1.54) is 0 Å². The van der Waals surface area contributed by atoms with Crippen molar-refractivity contribution in [2.75, 3.05) is 0 Å². The van der Waals surface area contributed by atoms with Crippen LogP contribution in [0.25, 0.3) is 89.0 Å². The minimum atomic E-state index is 0.690. The lowest BCUT2D eigenvalue weighted by Crippen LogP contribution is -1.96. The lowest BCUT2D eigenvalue weighted by atomic mass is 9.94. The van der Waals surface area contributed by atoms with Crippen LogP contribution < -0.4 is 0 Å². The molecule has 9 aromatic rings. The highest BCUT2D eigenvalue weighted by molar-refractivity contribution is 6.16. The molecule has 6 aromatic carbocycles. The van der Waals surface area contributed by atoms with Gasteiger partial charge in [0.25, 0.3) is 0 Å². The van der Waals surface area contributed by atoms with Gasteiger partial charge in [-0.05, 0) is 23.8 Å². The van der Waals surface area contributed by atoms with E-state index in [-0.39, 0.29) is 0 Å². The third-order valence-corrected chi connectivity index (χ3v) is 8.88. The molecule has 0 saturated carbocycles. The molecule has 3 aromatic heterocycles. The van der Waals surface area contributed by atoms with Crippen molar-refractivity contribution in [2.45, 2.75) is 0 Å². The Morgan fingerprint density at radius 1 is 0.312 bits per heavy atom. The zero-order chi connectivity index (χ0) is 31.9. The summed E-state index contributed by atoms with van der Waals surface area (Å²) in [6.45, 7) is 0. The molecule has 0 aliphatic rings. The minimum absolute atomic E-state index is 0.690. The average Bonchev–Trinajstić information content (AvgIpc) is 3.17. The standard InChI is InChI=1S/C44H28N4/c1-4-12-29(13-5-1)37-27-25-33-24-26-36-41(35-18-10-11-19-38(35)46-43(36)42(33)45-37)32-20-22-34(23-21-32)44-47-39(30-14-6-2-7-15-30)28-40(48-44)31-16-8-3-9-17-31/h1-28H. The summed E-state index contributed by atoms with van der Waals surface area (Å²) in [4.78, 5) is 20.4. The van der Waals surface area contributed by atoms with Crippen LogP contribution in [0, 0.1) is 0 Å². The van der Waals surface area contributed by atoms with E-state index >= 15 is 0 Å². The number of nitrogens with zero attached hydrogens (tertiary/aromatic N) is 4. The lowest BCUT2D eigenvalue weighted by Gasteiger charge is -2.14. The van der Waals surface area contributed by atoms with Crippen LogP contribution >= 0.6 is 0 Å². The molecular formula is C44H28N4. The number of benzene rings is 6. The van der Waals surface area contributed by atoms with Crippen molar-refractivity contribution in [1.82, 2.24) is 19.9 Å². The Kier molecular flexibility index (Phi) is 6.76. The molecule has 0 aliphatic heterocycles. The van der Waals surface area contributed by atoms with Crippen molar-refractivity contribution in [3.05, 3.63) is 170 Å². The molecule has 0 fully saturated rings. The molecule has 0 atom stereocenters. The second-order valence-electron chi connectivity index (χ2n) is 11.9. The van der Waals surface area contributed by atoms with Crippen LogP contribution in [0.15, 0.2) is 170 Å². The van der Waals surface area contributed by atoms with Crippen LogP contribution in [0.2, 0.25) is 0 Å². The molecule has 0 aliphatic carbocycles. The molecule has 4 nitrogen and oxygen atoms in total. The molecule has 3 heterocycles. The predicted octanol–water partition coefficient (Wildman–Crippen LogP) is 11.1. The molecule has 0 radical (unpaired) electrons. The SMILES string of the molecule is c1ccc(-c2cc(-c3ccccc3)nc(-c3ccc(-c4c5ccccc5nc5c4ccc4ccc(-c6ccccc6)nc45)cc3)n2)cc1. The maximum absolute atomic E-state index is 5.19. The molecule has 48 heavy (non-hydrogen) atoms. The second kappa shape index (κ2) is 11.7. The first-order valence-corrected chi connectivity index (χ1v) is 16.1. The smallest absolute Gasteiger partial charge is 0.160 e. The van der Waals surface area contributed by atoms with Gasteiger partial charge in [0, 0.05) is 44.0 Å². The van der Waals surface area contributed by atoms with Crippen molar-refractivity contribution < 1.29 is 0 Å². The minimum Gasteiger partial charge on any atom is -0.245 e. The highest BCUT2D eigenvalue weighted by Crippen LogP contribution is 2.38. The van der Waals surface area contributed by atoms with Gasteiger partial charge in [-0.3, -0.25) is 0 Å². The monoisotopic (exact) mass is 612 g/mol. The van der Waals surface area contributed by atoms with E-state index in [0.717, 1.165) is 83.2 Å². The van der Waals surface area contributed by atoms with Crippen LogP contribution in [0.5, 0.6) is 0 Å².